The van der Waals surface area contributed by atoms with Gasteiger partial charge in [0.1, 0.15) is 0 Å². The maximum absolute atomic E-state index is 12.4. The van der Waals surface area contributed by atoms with Gasteiger partial charge in [0.15, 0.2) is 0 Å². The number of rotatable bonds is 4. The highest BCUT2D eigenvalue weighted by Crippen LogP contribution is 2.34. The highest BCUT2D eigenvalue weighted by atomic mass is 32.2. The van der Waals surface area contributed by atoms with Gasteiger partial charge in [0, 0.05) is 19.6 Å². The van der Waals surface area contributed by atoms with E-state index in [0.717, 1.165) is 23.4 Å². The Hall–Kier alpha value is -0.660. The van der Waals surface area contributed by atoms with Gasteiger partial charge < -0.3 is 10.0 Å². The van der Waals surface area contributed by atoms with Crippen molar-refractivity contribution in [1.82, 2.24) is 9.21 Å². The van der Waals surface area contributed by atoms with Gasteiger partial charge in [0.05, 0.1) is 18.9 Å². The molecule has 0 radical (unpaired) electrons. The van der Waals surface area contributed by atoms with E-state index in [1.807, 2.05) is 0 Å². The molecule has 1 aliphatic carbocycles. The van der Waals surface area contributed by atoms with Crippen LogP contribution in [0.2, 0.25) is 0 Å². The van der Waals surface area contributed by atoms with Gasteiger partial charge in [0.25, 0.3) is 0 Å². The molecule has 21 heavy (non-hydrogen) atoms. The molecule has 0 unspecified atom stereocenters. The Labute approximate surface area is 127 Å². The number of likely N-dealkylation sites (N-methyl/N-ethyl adjacent to an activating group) is 1. The summed E-state index contributed by atoms with van der Waals surface area (Å²) >= 11 is 0. The van der Waals surface area contributed by atoms with Crippen molar-refractivity contribution in [2.24, 2.45) is 5.92 Å². The van der Waals surface area contributed by atoms with E-state index in [2.05, 4.69) is 0 Å². The molecule has 0 spiro atoms. The van der Waals surface area contributed by atoms with E-state index in [0.29, 0.717) is 18.9 Å². The number of likely N-dealkylation sites (tertiary alicyclic amines) is 1. The van der Waals surface area contributed by atoms with Gasteiger partial charge in [-0.2, -0.15) is 4.31 Å². The minimum atomic E-state index is -3.36. The lowest BCUT2D eigenvalue weighted by Gasteiger charge is -2.34. The molecule has 7 heteroatoms. The SMILES string of the molecule is CN(CC(=O)N1C[C@@H](O)C[C@@H]1C1CCCCC1)S(C)(=O)=O. The predicted octanol–water partition coefficient (Wildman–Crippen LogP) is 0.420. The van der Waals surface area contributed by atoms with Crippen LogP contribution in [0.3, 0.4) is 0 Å². The molecule has 1 amide bonds. The first-order valence-electron chi connectivity index (χ1n) is 7.68. The van der Waals surface area contributed by atoms with Crippen LogP contribution in [0.1, 0.15) is 38.5 Å². The van der Waals surface area contributed by atoms with Crippen molar-refractivity contribution in [3.05, 3.63) is 0 Å². The van der Waals surface area contributed by atoms with E-state index in [4.69, 9.17) is 0 Å². The maximum atomic E-state index is 12.4. The lowest BCUT2D eigenvalue weighted by Crippen LogP contribution is -2.46. The van der Waals surface area contributed by atoms with E-state index >= 15 is 0 Å². The molecule has 1 saturated heterocycles. The van der Waals surface area contributed by atoms with Crippen molar-refractivity contribution in [1.29, 1.82) is 0 Å². The van der Waals surface area contributed by atoms with E-state index < -0.39 is 16.1 Å². The molecule has 0 aromatic carbocycles. The smallest absolute Gasteiger partial charge is 0.238 e. The number of carbonyl (C=O) groups is 1. The number of hydrogen-bond donors (Lipinski definition) is 1. The molecule has 2 aliphatic rings. The van der Waals surface area contributed by atoms with Crippen molar-refractivity contribution >= 4 is 15.9 Å². The lowest BCUT2D eigenvalue weighted by molar-refractivity contribution is -0.133. The summed E-state index contributed by atoms with van der Waals surface area (Å²) in [6.07, 6.45) is 7.05. The summed E-state index contributed by atoms with van der Waals surface area (Å²) in [4.78, 5) is 14.1. The number of aliphatic hydroxyl groups excluding tert-OH is 1. The number of hydrogen-bond acceptors (Lipinski definition) is 4. The zero-order valence-corrected chi connectivity index (χ0v) is 13.7. The summed E-state index contributed by atoms with van der Waals surface area (Å²) in [5.41, 5.74) is 0. The Bertz CT molecular complexity index is 473. The van der Waals surface area contributed by atoms with Crippen molar-refractivity contribution in [2.75, 3.05) is 26.4 Å². The second-order valence-corrected chi connectivity index (χ2v) is 8.51. The number of carbonyl (C=O) groups excluding carboxylic acids is 1. The molecule has 0 bridgehead atoms. The minimum Gasteiger partial charge on any atom is -0.391 e. The molecule has 2 rings (SSSR count). The summed E-state index contributed by atoms with van der Waals surface area (Å²) in [5.74, 6) is 0.249. The first-order chi connectivity index (χ1) is 9.79. The van der Waals surface area contributed by atoms with Crippen LogP contribution in [-0.4, -0.2) is 67.2 Å². The zero-order chi connectivity index (χ0) is 15.6. The minimum absolute atomic E-state index is 0.0701. The average molecular weight is 318 g/mol. The molecule has 122 valence electrons. The number of amides is 1. The summed E-state index contributed by atoms with van der Waals surface area (Å²) in [6, 6.07) is 0.0701. The van der Waals surface area contributed by atoms with E-state index in [1.54, 1.807) is 4.90 Å². The molecule has 2 fully saturated rings. The summed E-state index contributed by atoms with van der Waals surface area (Å²) in [7, 11) is -1.95. The van der Waals surface area contributed by atoms with Gasteiger partial charge in [-0.1, -0.05) is 19.3 Å². The fraction of sp³-hybridized carbons (Fsp3) is 0.929. The molecular formula is C14H26N2O4S. The van der Waals surface area contributed by atoms with Crippen molar-refractivity contribution < 1.29 is 18.3 Å². The molecule has 1 saturated carbocycles. The van der Waals surface area contributed by atoms with Crippen LogP contribution in [0.5, 0.6) is 0 Å². The topological polar surface area (TPSA) is 77.9 Å². The summed E-state index contributed by atoms with van der Waals surface area (Å²) in [5, 5.41) is 9.92. The molecule has 0 aromatic rings. The molecule has 1 aliphatic heterocycles. The molecular weight excluding hydrogens is 292 g/mol. The van der Waals surface area contributed by atoms with Crippen LogP contribution in [-0.2, 0) is 14.8 Å². The normalized spacial score (nSPS) is 28.3. The van der Waals surface area contributed by atoms with E-state index in [-0.39, 0.29) is 18.5 Å². The number of nitrogens with zero attached hydrogens (tertiary/aromatic N) is 2. The van der Waals surface area contributed by atoms with Crippen LogP contribution in [0.25, 0.3) is 0 Å². The number of β-amino-alcohol motifs (C(OH)–C–C–N with tert-alkyl or cyclic N) is 1. The largest absolute Gasteiger partial charge is 0.391 e. The van der Waals surface area contributed by atoms with Gasteiger partial charge in [-0.25, -0.2) is 8.42 Å². The fourth-order valence-corrected chi connectivity index (χ4v) is 3.84. The maximum Gasteiger partial charge on any atom is 0.238 e. The first-order valence-corrected chi connectivity index (χ1v) is 9.52. The van der Waals surface area contributed by atoms with Gasteiger partial charge in [-0.05, 0) is 25.2 Å². The molecule has 2 atom stereocenters. The lowest BCUT2D eigenvalue weighted by atomic mass is 9.82. The van der Waals surface area contributed by atoms with Crippen LogP contribution < -0.4 is 0 Å². The number of sulfonamides is 1. The third kappa shape index (κ3) is 4.17. The first kappa shape index (κ1) is 16.7. The van der Waals surface area contributed by atoms with Gasteiger partial charge in [0.2, 0.25) is 15.9 Å². The van der Waals surface area contributed by atoms with E-state index in [1.165, 1.54) is 26.3 Å². The van der Waals surface area contributed by atoms with Crippen LogP contribution in [0.4, 0.5) is 0 Å². The van der Waals surface area contributed by atoms with Crippen LogP contribution >= 0.6 is 0 Å². The van der Waals surface area contributed by atoms with Crippen molar-refractivity contribution in [3.8, 4) is 0 Å². The monoisotopic (exact) mass is 318 g/mol. The average Bonchev–Trinajstić information content (AvgIpc) is 2.81. The Morgan fingerprint density at radius 2 is 1.90 bits per heavy atom. The van der Waals surface area contributed by atoms with Crippen LogP contribution in [0.15, 0.2) is 0 Å². The standard InChI is InChI=1S/C14H26N2O4S/c1-15(21(2,19)20)10-14(18)16-9-12(17)8-13(16)11-6-4-3-5-7-11/h11-13,17H,3-10H2,1-2H3/t12-,13+/m0/s1. The molecule has 1 N–H and O–H groups in total. The van der Waals surface area contributed by atoms with Gasteiger partial charge in [-0.3, -0.25) is 4.79 Å². The summed E-state index contributed by atoms with van der Waals surface area (Å²) in [6.45, 7) is 0.187. The Morgan fingerprint density at radius 3 is 2.48 bits per heavy atom. The van der Waals surface area contributed by atoms with Crippen molar-refractivity contribution in [2.45, 2.75) is 50.7 Å². The Kier molecular flexibility index (Phi) is 5.27. The summed E-state index contributed by atoms with van der Waals surface area (Å²) < 4.78 is 23.9. The van der Waals surface area contributed by atoms with Crippen LogP contribution in [0, 0.1) is 5.92 Å². The number of aliphatic hydroxyl groups is 1. The molecule has 0 aromatic heterocycles. The predicted molar refractivity (Wildman–Crippen MR) is 80.2 cm³/mol. The van der Waals surface area contributed by atoms with Gasteiger partial charge >= 0.3 is 0 Å². The van der Waals surface area contributed by atoms with E-state index in [9.17, 15) is 18.3 Å². The Morgan fingerprint density at radius 1 is 1.29 bits per heavy atom. The third-order valence-electron chi connectivity index (χ3n) is 4.76. The molecule has 1 heterocycles. The highest BCUT2D eigenvalue weighted by molar-refractivity contribution is 7.88. The highest BCUT2D eigenvalue weighted by Gasteiger charge is 2.39. The third-order valence-corrected chi connectivity index (χ3v) is 6.02. The fourth-order valence-electron chi connectivity index (χ4n) is 3.49. The van der Waals surface area contributed by atoms with Gasteiger partial charge in [-0.15, -0.1) is 0 Å². The second-order valence-electron chi connectivity index (χ2n) is 6.42. The molecule has 6 nitrogen and oxygen atoms in total. The Balaban J connectivity index is 2.03. The zero-order valence-electron chi connectivity index (χ0n) is 12.9. The van der Waals surface area contributed by atoms with Crippen molar-refractivity contribution in [3.63, 3.8) is 0 Å². The quantitative estimate of drug-likeness (QED) is 0.815. The second kappa shape index (κ2) is 6.62.